The molecule has 0 aromatic carbocycles. The van der Waals surface area contributed by atoms with Crippen LogP contribution < -0.4 is 0 Å². The summed E-state index contributed by atoms with van der Waals surface area (Å²) >= 11 is 0. The van der Waals surface area contributed by atoms with Crippen molar-refractivity contribution in [2.75, 3.05) is 0 Å². The van der Waals surface area contributed by atoms with Crippen molar-refractivity contribution >= 4 is 10.0 Å². The molecular formula is C7H8F3N3O2S. The minimum absolute atomic E-state index is 0.0674. The molecular weight excluding hydrogens is 247 g/mol. The summed E-state index contributed by atoms with van der Waals surface area (Å²) in [6, 6.07) is 0. The van der Waals surface area contributed by atoms with Crippen LogP contribution in [0.3, 0.4) is 0 Å². The van der Waals surface area contributed by atoms with Gasteiger partial charge in [-0.2, -0.15) is 8.78 Å². The summed E-state index contributed by atoms with van der Waals surface area (Å²) in [7, 11) is -5.30. The minimum Gasteiger partial charge on any atom is -0.244 e. The fourth-order valence-electron chi connectivity index (χ4n) is 0.814. The van der Waals surface area contributed by atoms with Crippen molar-refractivity contribution in [2.24, 2.45) is 0 Å². The van der Waals surface area contributed by atoms with Crippen molar-refractivity contribution < 1.29 is 21.7 Å². The Morgan fingerprint density at radius 1 is 1.38 bits per heavy atom. The summed E-state index contributed by atoms with van der Waals surface area (Å²) in [6.45, 7) is -0.747. The molecule has 1 aromatic heterocycles. The standard InChI is InChI=1S/C7H8F3N3O2S/c1-7(8,9)16(14,15)13(10)4-6-2-11-5-12-3-6/h2-3,5H,4H2,1H3. The lowest BCUT2D eigenvalue weighted by Gasteiger charge is -2.16. The predicted molar refractivity (Wildman–Crippen MR) is 48.2 cm³/mol. The Hall–Kier alpha value is -1.22. The zero-order valence-electron chi connectivity index (χ0n) is 8.14. The molecule has 0 unspecified atom stereocenters. The average Bonchev–Trinajstić information content (AvgIpc) is 2.17. The Morgan fingerprint density at radius 2 is 1.88 bits per heavy atom. The molecule has 0 saturated carbocycles. The normalized spacial score (nSPS) is 13.1. The lowest BCUT2D eigenvalue weighted by Crippen LogP contribution is -2.36. The summed E-state index contributed by atoms with van der Waals surface area (Å²) in [5.41, 5.74) is 0.0674. The highest BCUT2D eigenvalue weighted by atomic mass is 32.2. The third-order valence-corrected chi connectivity index (χ3v) is 3.19. The SMILES string of the molecule is CC(F)(F)S(=O)(=O)N(F)Cc1cncnc1. The van der Waals surface area contributed by atoms with Crippen molar-refractivity contribution in [1.82, 2.24) is 14.5 Å². The molecule has 0 bridgehead atoms. The molecule has 0 saturated heterocycles. The van der Waals surface area contributed by atoms with E-state index in [0.717, 1.165) is 18.7 Å². The summed E-state index contributed by atoms with van der Waals surface area (Å²) in [5, 5.41) is -4.17. The molecule has 9 heteroatoms. The van der Waals surface area contributed by atoms with Crippen LogP contribution in [-0.2, 0) is 16.6 Å². The number of sulfonamides is 1. The van der Waals surface area contributed by atoms with Gasteiger partial charge >= 0.3 is 15.3 Å². The first-order chi connectivity index (χ1) is 7.25. The van der Waals surface area contributed by atoms with Crippen molar-refractivity contribution in [3.8, 4) is 0 Å². The predicted octanol–water partition coefficient (Wildman–Crippen LogP) is 1.11. The Kier molecular flexibility index (Phi) is 3.48. The number of aromatic nitrogens is 2. The molecule has 0 fully saturated rings. The highest BCUT2D eigenvalue weighted by molar-refractivity contribution is 7.89. The lowest BCUT2D eigenvalue weighted by molar-refractivity contribution is 0.0653. The van der Waals surface area contributed by atoms with Gasteiger partial charge in [-0.05, 0) is 4.53 Å². The topological polar surface area (TPSA) is 63.2 Å². The van der Waals surface area contributed by atoms with Crippen LogP contribution in [0.4, 0.5) is 13.3 Å². The number of rotatable bonds is 4. The molecule has 16 heavy (non-hydrogen) atoms. The fraction of sp³-hybridized carbons (Fsp3) is 0.429. The molecule has 0 aliphatic carbocycles. The van der Waals surface area contributed by atoms with Gasteiger partial charge in [0.1, 0.15) is 6.33 Å². The number of alkyl halides is 2. The van der Waals surface area contributed by atoms with Gasteiger partial charge < -0.3 is 0 Å². The Bertz CT molecular complexity index is 446. The number of halogens is 3. The van der Waals surface area contributed by atoms with Gasteiger partial charge in [0.05, 0.1) is 6.54 Å². The molecule has 0 atom stereocenters. The second-order valence-corrected chi connectivity index (χ2v) is 5.07. The second kappa shape index (κ2) is 4.34. The van der Waals surface area contributed by atoms with E-state index in [0.29, 0.717) is 0 Å². The van der Waals surface area contributed by atoms with E-state index in [1.807, 2.05) is 0 Å². The zero-order valence-corrected chi connectivity index (χ0v) is 8.96. The van der Waals surface area contributed by atoms with E-state index in [4.69, 9.17) is 0 Å². The highest BCUT2D eigenvalue weighted by Gasteiger charge is 2.45. The molecule has 0 aliphatic heterocycles. The number of hydrogen-bond acceptors (Lipinski definition) is 4. The molecule has 0 aliphatic rings. The second-order valence-electron chi connectivity index (χ2n) is 3.01. The maximum absolute atomic E-state index is 13.1. The zero-order chi connectivity index (χ0) is 12.4. The molecule has 1 aromatic rings. The molecule has 0 amide bonds. The average molecular weight is 255 g/mol. The summed E-state index contributed by atoms with van der Waals surface area (Å²) < 4.78 is 59.1. The number of nitrogens with zero attached hydrogens (tertiary/aromatic N) is 3. The first-order valence-corrected chi connectivity index (χ1v) is 5.49. The fourth-order valence-corrected chi connectivity index (χ4v) is 1.48. The highest BCUT2D eigenvalue weighted by Crippen LogP contribution is 2.25. The summed E-state index contributed by atoms with van der Waals surface area (Å²) in [5.74, 6) is 0. The van der Waals surface area contributed by atoms with Crippen LogP contribution in [0.15, 0.2) is 18.7 Å². The van der Waals surface area contributed by atoms with Crippen molar-refractivity contribution in [1.29, 1.82) is 0 Å². The van der Waals surface area contributed by atoms with E-state index < -0.39 is 26.3 Å². The largest absolute Gasteiger partial charge is 0.359 e. The van der Waals surface area contributed by atoms with Gasteiger partial charge in [0, 0.05) is 24.9 Å². The van der Waals surface area contributed by atoms with Crippen LogP contribution in [-0.4, -0.2) is 28.2 Å². The Labute approximate surface area is 89.9 Å². The van der Waals surface area contributed by atoms with Crippen molar-refractivity contribution in [3.63, 3.8) is 0 Å². The molecule has 0 spiro atoms. The molecule has 0 radical (unpaired) electrons. The van der Waals surface area contributed by atoms with Crippen molar-refractivity contribution in [3.05, 3.63) is 24.3 Å². The van der Waals surface area contributed by atoms with Gasteiger partial charge in [0.25, 0.3) is 0 Å². The van der Waals surface area contributed by atoms with Gasteiger partial charge in [0.15, 0.2) is 0 Å². The van der Waals surface area contributed by atoms with Crippen LogP contribution in [0.2, 0.25) is 0 Å². The molecule has 1 rings (SSSR count). The van der Waals surface area contributed by atoms with E-state index in [-0.39, 0.29) is 12.5 Å². The lowest BCUT2D eigenvalue weighted by atomic mass is 10.4. The van der Waals surface area contributed by atoms with E-state index in [1.54, 1.807) is 0 Å². The van der Waals surface area contributed by atoms with Gasteiger partial charge in [-0.25, -0.2) is 18.4 Å². The van der Waals surface area contributed by atoms with E-state index in [1.165, 1.54) is 0 Å². The van der Waals surface area contributed by atoms with E-state index >= 15 is 0 Å². The molecule has 0 N–H and O–H groups in total. The van der Waals surface area contributed by atoms with Gasteiger partial charge in [-0.15, -0.1) is 4.48 Å². The maximum atomic E-state index is 13.1. The third-order valence-electron chi connectivity index (χ3n) is 1.63. The number of hydrogen-bond donors (Lipinski definition) is 0. The molecule has 1 heterocycles. The third kappa shape index (κ3) is 2.67. The van der Waals surface area contributed by atoms with E-state index in [2.05, 4.69) is 9.97 Å². The molecule has 5 nitrogen and oxygen atoms in total. The summed E-state index contributed by atoms with van der Waals surface area (Å²) in [6.07, 6.45) is 3.40. The van der Waals surface area contributed by atoms with Crippen LogP contribution >= 0.6 is 0 Å². The first kappa shape index (κ1) is 12.8. The smallest absolute Gasteiger partial charge is 0.244 e. The van der Waals surface area contributed by atoms with Gasteiger partial charge in [-0.1, -0.05) is 0 Å². The quantitative estimate of drug-likeness (QED) is 0.756. The minimum atomic E-state index is -5.30. The summed E-state index contributed by atoms with van der Waals surface area (Å²) in [4.78, 5) is 6.99. The first-order valence-electron chi connectivity index (χ1n) is 4.05. The monoisotopic (exact) mass is 255 g/mol. The Balaban J connectivity index is 2.86. The van der Waals surface area contributed by atoms with E-state index in [9.17, 15) is 21.7 Å². The van der Waals surface area contributed by atoms with Gasteiger partial charge in [0.2, 0.25) is 0 Å². The van der Waals surface area contributed by atoms with Crippen LogP contribution in [0.5, 0.6) is 0 Å². The van der Waals surface area contributed by atoms with Crippen LogP contribution in [0, 0.1) is 0 Å². The van der Waals surface area contributed by atoms with Crippen molar-refractivity contribution in [2.45, 2.75) is 18.7 Å². The van der Waals surface area contributed by atoms with Crippen LogP contribution in [0.1, 0.15) is 12.5 Å². The van der Waals surface area contributed by atoms with Gasteiger partial charge in [-0.3, -0.25) is 0 Å². The van der Waals surface area contributed by atoms with Crippen LogP contribution in [0.25, 0.3) is 0 Å². The maximum Gasteiger partial charge on any atom is 0.359 e. The molecule has 90 valence electrons. The Morgan fingerprint density at radius 3 is 2.31 bits per heavy atom.